The Morgan fingerprint density at radius 1 is 1.43 bits per heavy atom. The lowest BCUT2D eigenvalue weighted by Gasteiger charge is -2.22. The van der Waals surface area contributed by atoms with Crippen molar-refractivity contribution in [3.05, 3.63) is 35.4 Å². The number of rotatable bonds is 5. The molecule has 0 bridgehead atoms. The topological polar surface area (TPSA) is 55.8 Å². The van der Waals surface area contributed by atoms with Crippen LogP contribution in [-0.4, -0.2) is 60.1 Å². The van der Waals surface area contributed by atoms with E-state index in [1.807, 2.05) is 43.3 Å². The lowest BCUT2D eigenvalue weighted by molar-refractivity contribution is 0.0141. The molecule has 1 aromatic carbocycles. The summed E-state index contributed by atoms with van der Waals surface area (Å²) in [6.45, 7) is -0.0564. The highest BCUT2D eigenvalue weighted by Crippen LogP contribution is 2.31. The highest BCUT2D eigenvalue weighted by molar-refractivity contribution is 5.75. The Kier molecular flexibility index (Phi) is 5.54. The van der Waals surface area contributed by atoms with Gasteiger partial charge in [-0.05, 0) is 25.2 Å². The van der Waals surface area contributed by atoms with Gasteiger partial charge in [-0.15, -0.1) is 0 Å². The van der Waals surface area contributed by atoms with E-state index in [2.05, 4.69) is 5.32 Å². The highest BCUT2D eigenvalue weighted by atomic mass is 19.3. The van der Waals surface area contributed by atoms with Gasteiger partial charge in [0.05, 0.1) is 19.2 Å². The molecule has 1 saturated heterocycles. The van der Waals surface area contributed by atoms with E-state index in [4.69, 9.17) is 5.11 Å². The van der Waals surface area contributed by atoms with Crippen molar-refractivity contribution in [2.24, 2.45) is 0 Å². The maximum Gasteiger partial charge on any atom is 0.318 e. The zero-order chi connectivity index (χ0) is 17.0. The molecule has 1 atom stereocenters. The molecular weight excluding hydrogens is 304 g/mol. The van der Waals surface area contributed by atoms with Gasteiger partial charge < -0.3 is 20.2 Å². The summed E-state index contributed by atoms with van der Waals surface area (Å²) >= 11 is 0. The molecule has 7 heteroatoms. The van der Waals surface area contributed by atoms with Crippen molar-refractivity contribution >= 4 is 6.03 Å². The second-order valence-corrected chi connectivity index (χ2v) is 6.24. The number of nitrogens with zero attached hydrogens (tertiary/aromatic N) is 2. The second kappa shape index (κ2) is 7.23. The van der Waals surface area contributed by atoms with Gasteiger partial charge in [0.15, 0.2) is 0 Å². The summed E-state index contributed by atoms with van der Waals surface area (Å²) in [7, 11) is 3.94. The molecule has 5 nitrogen and oxygen atoms in total. The normalized spacial score (nSPS) is 20.1. The van der Waals surface area contributed by atoms with Crippen LogP contribution >= 0.6 is 0 Å². The summed E-state index contributed by atoms with van der Waals surface area (Å²) in [6, 6.07) is 6.35. The van der Waals surface area contributed by atoms with Crippen LogP contribution in [0.4, 0.5) is 13.6 Å². The van der Waals surface area contributed by atoms with Crippen LogP contribution in [0.3, 0.4) is 0 Å². The van der Waals surface area contributed by atoms with Gasteiger partial charge in [-0.3, -0.25) is 0 Å². The number of nitrogens with one attached hydrogen (secondary N) is 1. The third kappa shape index (κ3) is 4.87. The summed E-state index contributed by atoms with van der Waals surface area (Å²) in [4.78, 5) is 15.2. The number of likely N-dealkylation sites (tertiary alicyclic amines) is 1. The Morgan fingerprint density at radius 2 is 2.13 bits per heavy atom. The molecular formula is C16H23F2N3O2. The zero-order valence-electron chi connectivity index (χ0n) is 13.4. The molecule has 1 aliphatic rings. The number of urea groups is 1. The smallest absolute Gasteiger partial charge is 0.318 e. The van der Waals surface area contributed by atoms with E-state index in [-0.39, 0.29) is 6.54 Å². The molecule has 128 valence electrons. The first-order chi connectivity index (χ1) is 10.8. The number of amides is 2. The van der Waals surface area contributed by atoms with E-state index >= 15 is 0 Å². The van der Waals surface area contributed by atoms with Crippen molar-refractivity contribution in [2.75, 3.05) is 27.2 Å². The van der Waals surface area contributed by atoms with Crippen molar-refractivity contribution in [1.29, 1.82) is 0 Å². The van der Waals surface area contributed by atoms with Crippen molar-refractivity contribution < 1.29 is 18.7 Å². The quantitative estimate of drug-likeness (QED) is 0.865. The fraction of sp³-hybridized carbons (Fsp3) is 0.562. The summed E-state index contributed by atoms with van der Waals surface area (Å²) < 4.78 is 26.8. The van der Waals surface area contributed by atoms with Gasteiger partial charge >= 0.3 is 6.03 Å². The Hall–Kier alpha value is -1.73. The molecule has 23 heavy (non-hydrogen) atoms. The molecule has 2 N–H and O–H groups in total. The van der Waals surface area contributed by atoms with E-state index in [0.717, 1.165) is 22.6 Å². The van der Waals surface area contributed by atoms with E-state index in [1.54, 1.807) is 0 Å². The third-order valence-corrected chi connectivity index (χ3v) is 3.78. The standard InChI is InChI=1S/C16H23F2N3O2/c1-20(2)9-13-5-3-4-12(6-13)8-19-15(23)21-11-16(17,18)7-14(21)10-22/h3-6,14,22H,7-11H2,1-2H3,(H,19,23). The van der Waals surface area contributed by atoms with Gasteiger partial charge in [0, 0.05) is 19.5 Å². The van der Waals surface area contributed by atoms with E-state index in [1.165, 1.54) is 0 Å². The van der Waals surface area contributed by atoms with Crippen LogP contribution < -0.4 is 5.32 Å². The van der Waals surface area contributed by atoms with E-state index in [0.29, 0.717) is 0 Å². The fourth-order valence-electron chi connectivity index (χ4n) is 2.78. The summed E-state index contributed by atoms with van der Waals surface area (Å²) in [6.07, 6.45) is -0.491. The maximum absolute atomic E-state index is 13.4. The Labute approximate surface area is 134 Å². The van der Waals surface area contributed by atoms with Crippen LogP contribution in [0.25, 0.3) is 0 Å². The number of benzene rings is 1. The number of halogens is 2. The van der Waals surface area contributed by atoms with Crippen LogP contribution in [0.5, 0.6) is 0 Å². The average molecular weight is 327 g/mol. The molecule has 0 aromatic heterocycles. The summed E-state index contributed by atoms with van der Waals surface area (Å²) in [5.41, 5.74) is 2.02. The molecule has 0 spiro atoms. The zero-order valence-corrected chi connectivity index (χ0v) is 13.4. The Morgan fingerprint density at radius 3 is 2.78 bits per heavy atom. The Balaban J connectivity index is 1.94. The number of aliphatic hydroxyl groups is 1. The molecule has 1 unspecified atom stereocenters. The third-order valence-electron chi connectivity index (χ3n) is 3.78. The molecule has 2 rings (SSSR count). The molecule has 0 saturated carbocycles. The molecule has 1 aliphatic heterocycles. The lowest BCUT2D eigenvalue weighted by Crippen LogP contribution is -2.44. The lowest BCUT2D eigenvalue weighted by atomic mass is 10.1. The fourth-order valence-corrected chi connectivity index (χ4v) is 2.78. The van der Waals surface area contributed by atoms with E-state index in [9.17, 15) is 13.6 Å². The van der Waals surface area contributed by atoms with Gasteiger partial charge in [-0.25, -0.2) is 13.6 Å². The first-order valence-corrected chi connectivity index (χ1v) is 7.56. The Bertz CT molecular complexity index is 552. The largest absolute Gasteiger partial charge is 0.394 e. The van der Waals surface area contributed by atoms with Crippen LogP contribution in [0, 0.1) is 0 Å². The molecule has 0 radical (unpaired) electrons. The van der Waals surface area contributed by atoms with Crippen LogP contribution in [0.2, 0.25) is 0 Å². The van der Waals surface area contributed by atoms with Crippen molar-refractivity contribution in [2.45, 2.75) is 31.5 Å². The van der Waals surface area contributed by atoms with Crippen LogP contribution in [-0.2, 0) is 13.1 Å². The van der Waals surface area contributed by atoms with E-state index < -0.39 is 37.6 Å². The molecule has 1 heterocycles. The predicted octanol–water partition coefficient (Wildman–Crippen LogP) is 1.66. The van der Waals surface area contributed by atoms with Gasteiger partial charge in [0.25, 0.3) is 5.92 Å². The number of alkyl halides is 2. The molecule has 1 fully saturated rings. The summed E-state index contributed by atoms with van der Waals surface area (Å²) in [5.74, 6) is -2.93. The van der Waals surface area contributed by atoms with Crippen molar-refractivity contribution in [3.8, 4) is 0 Å². The second-order valence-electron chi connectivity index (χ2n) is 6.24. The highest BCUT2D eigenvalue weighted by Gasteiger charge is 2.46. The number of hydrogen-bond acceptors (Lipinski definition) is 3. The van der Waals surface area contributed by atoms with Crippen molar-refractivity contribution in [1.82, 2.24) is 15.1 Å². The molecule has 1 aromatic rings. The minimum atomic E-state index is -2.93. The average Bonchev–Trinajstić information content (AvgIpc) is 2.80. The first kappa shape index (κ1) is 17.6. The van der Waals surface area contributed by atoms with Crippen molar-refractivity contribution in [3.63, 3.8) is 0 Å². The minimum absolute atomic E-state index is 0.264. The molecule has 0 aliphatic carbocycles. The first-order valence-electron chi connectivity index (χ1n) is 7.56. The minimum Gasteiger partial charge on any atom is -0.394 e. The van der Waals surface area contributed by atoms with Gasteiger partial charge in [0.2, 0.25) is 0 Å². The SMILES string of the molecule is CN(C)Cc1cccc(CNC(=O)N2CC(F)(F)CC2CO)c1. The predicted molar refractivity (Wildman–Crippen MR) is 83.2 cm³/mol. The van der Waals surface area contributed by atoms with Crippen LogP contribution in [0.15, 0.2) is 24.3 Å². The number of carbonyl (C=O) groups is 1. The number of hydrogen-bond donors (Lipinski definition) is 2. The van der Waals surface area contributed by atoms with Gasteiger partial charge in [-0.2, -0.15) is 0 Å². The molecule has 2 amide bonds. The van der Waals surface area contributed by atoms with Gasteiger partial charge in [-0.1, -0.05) is 24.3 Å². The number of aliphatic hydroxyl groups excluding tert-OH is 1. The van der Waals surface area contributed by atoms with Crippen LogP contribution in [0.1, 0.15) is 17.5 Å². The summed E-state index contributed by atoms with van der Waals surface area (Å²) in [5, 5.41) is 11.8. The van der Waals surface area contributed by atoms with Gasteiger partial charge in [0.1, 0.15) is 0 Å². The monoisotopic (exact) mass is 327 g/mol. The maximum atomic E-state index is 13.4. The number of carbonyl (C=O) groups excluding carboxylic acids is 1.